The molecule has 1 aromatic rings. The summed E-state index contributed by atoms with van der Waals surface area (Å²) in [6, 6.07) is 3.73. The quantitative estimate of drug-likeness (QED) is 0.811. The van der Waals surface area contributed by atoms with Gasteiger partial charge in [-0.3, -0.25) is 0 Å². The zero-order valence-corrected chi connectivity index (χ0v) is 12.6. The number of nitrogens with zero attached hydrogens (tertiary/aromatic N) is 2. The molecule has 7 heteroatoms. The fraction of sp³-hybridized carbons (Fsp3) is 0.615. The van der Waals surface area contributed by atoms with Crippen LogP contribution in [0.1, 0.15) is 25.7 Å². The van der Waals surface area contributed by atoms with E-state index in [0.717, 1.165) is 0 Å². The van der Waals surface area contributed by atoms with Gasteiger partial charge in [0, 0.05) is 25.3 Å². The minimum absolute atomic E-state index is 0.0940. The topological polar surface area (TPSA) is 88.3 Å². The second-order valence-electron chi connectivity index (χ2n) is 5.21. The molecule has 0 bridgehead atoms. The standard InChI is InChI=1S/C13H22N4O2S/c1-17(11-5-2-3-6-11)10-9-16-20(18,19)13-12(14)7-4-8-15-13/h4,7-8,11,16H,2-3,5-6,9-10,14H2,1H3. The number of anilines is 1. The summed E-state index contributed by atoms with van der Waals surface area (Å²) in [6.45, 7) is 1.06. The minimum atomic E-state index is -3.62. The first kappa shape index (κ1) is 15.2. The van der Waals surface area contributed by atoms with Crippen molar-refractivity contribution < 1.29 is 8.42 Å². The van der Waals surface area contributed by atoms with Crippen molar-refractivity contribution in [2.45, 2.75) is 36.8 Å². The van der Waals surface area contributed by atoms with E-state index in [1.165, 1.54) is 37.9 Å². The summed E-state index contributed by atoms with van der Waals surface area (Å²) >= 11 is 0. The third kappa shape index (κ3) is 3.68. The van der Waals surface area contributed by atoms with Crippen LogP contribution in [0.2, 0.25) is 0 Å². The molecule has 1 aliphatic rings. The van der Waals surface area contributed by atoms with Gasteiger partial charge in [0.2, 0.25) is 0 Å². The van der Waals surface area contributed by atoms with E-state index in [1.54, 1.807) is 6.07 Å². The van der Waals surface area contributed by atoms with Gasteiger partial charge in [-0.1, -0.05) is 12.8 Å². The largest absolute Gasteiger partial charge is 0.396 e. The van der Waals surface area contributed by atoms with E-state index in [0.29, 0.717) is 19.1 Å². The molecule has 1 fully saturated rings. The Morgan fingerprint density at radius 2 is 2.15 bits per heavy atom. The summed E-state index contributed by atoms with van der Waals surface area (Å²) in [6.07, 6.45) is 6.37. The van der Waals surface area contributed by atoms with Crippen molar-refractivity contribution in [3.8, 4) is 0 Å². The van der Waals surface area contributed by atoms with Crippen molar-refractivity contribution >= 4 is 15.7 Å². The summed E-state index contributed by atoms with van der Waals surface area (Å²) in [5.41, 5.74) is 5.82. The Hall–Kier alpha value is -1.18. The van der Waals surface area contributed by atoms with Crippen molar-refractivity contribution in [2.24, 2.45) is 0 Å². The van der Waals surface area contributed by atoms with Gasteiger partial charge in [0.1, 0.15) is 0 Å². The first-order valence-corrected chi connectivity index (χ1v) is 8.39. The lowest BCUT2D eigenvalue weighted by atomic mass is 10.2. The summed E-state index contributed by atoms with van der Waals surface area (Å²) in [5, 5.41) is -0.0940. The molecular formula is C13H22N4O2S. The molecule has 1 heterocycles. The van der Waals surface area contributed by atoms with Crippen molar-refractivity contribution in [1.82, 2.24) is 14.6 Å². The van der Waals surface area contributed by atoms with Crippen LogP contribution in [0.25, 0.3) is 0 Å². The van der Waals surface area contributed by atoms with Crippen molar-refractivity contribution in [3.05, 3.63) is 18.3 Å². The van der Waals surface area contributed by atoms with E-state index >= 15 is 0 Å². The lowest BCUT2D eigenvalue weighted by Crippen LogP contribution is -2.37. The minimum Gasteiger partial charge on any atom is -0.396 e. The number of rotatable bonds is 6. The Morgan fingerprint density at radius 3 is 2.80 bits per heavy atom. The maximum atomic E-state index is 12.1. The van der Waals surface area contributed by atoms with Crippen LogP contribution in [-0.2, 0) is 10.0 Å². The highest BCUT2D eigenvalue weighted by Gasteiger charge is 2.21. The molecule has 1 saturated carbocycles. The number of nitrogen functional groups attached to an aromatic ring is 1. The predicted molar refractivity (Wildman–Crippen MR) is 78.7 cm³/mol. The van der Waals surface area contributed by atoms with Crippen LogP contribution in [0.5, 0.6) is 0 Å². The average molecular weight is 298 g/mol. The van der Waals surface area contributed by atoms with Crippen LogP contribution in [0.3, 0.4) is 0 Å². The normalized spacial score (nSPS) is 16.9. The highest BCUT2D eigenvalue weighted by molar-refractivity contribution is 7.89. The van der Waals surface area contributed by atoms with Crippen molar-refractivity contribution in [2.75, 3.05) is 25.9 Å². The smallest absolute Gasteiger partial charge is 0.260 e. The highest BCUT2D eigenvalue weighted by atomic mass is 32.2. The SMILES string of the molecule is CN(CCNS(=O)(=O)c1ncccc1N)C1CCCC1. The third-order valence-electron chi connectivity index (χ3n) is 3.76. The molecule has 2 rings (SSSR count). The second-order valence-corrected chi connectivity index (χ2v) is 6.90. The van der Waals surface area contributed by atoms with E-state index in [1.807, 2.05) is 7.05 Å². The van der Waals surface area contributed by atoms with Crippen LogP contribution in [-0.4, -0.2) is 44.5 Å². The number of aromatic nitrogens is 1. The number of hydrogen-bond acceptors (Lipinski definition) is 5. The molecule has 1 aromatic heterocycles. The molecule has 6 nitrogen and oxygen atoms in total. The molecule has 112 valence electrons. The average Bonchev–Trinajstić information content (AvgIpc) is 2.92. The predicted octanol–water partition coefficient (Wildman–Crippen LogP) is 0.817. The monoisotopic (exact) mass is 298 g/mol. The maximum absolute atomic E-state index is 12.1. The molecule has 3 N–H and O–H groups in total. The molecule has 0 radical (unpaired) electrons. The Balaban J connectivity index is 1.88. The van der Waals surface area contributed by atoms with Gasteiger partial charge in [-0.25, -0.2) is 18.1 Å². The Bertz CT molecular complexity index is 541. The van der Waals surface area contributed by atoms with Gasteiger partial charge >= 0.3 is 0 Å². The fourth-order valence-electron chi connectivity index (χ4n) is 2.58. The molecule has 0 amide bonds. The molecule has 0 aliphatic heterocycles. The van der Waals surface area contributed by atoms with Crippen LogP contribution < -0.4 is 10.5 Å². The number of nitrogens with one attached hydrogen (secondary N) is 1. The van der Waals surface area contributed by atoms with Gasteiger partial charge in [0.25, 0.3) is 10.0 Å². The van der Waals surface area contributed by atoms with Crippen LogP contribution in [0.4, 0.5) is 5.69 Å². The first-order chi connectivity index (χ1) is 9.50. The van der Waals surface area contributed by atoms with E-state index in [4.69, 9.17) is 5.73 Å². The number of hydrogen-bond donors (Lipinski definition) is 2. The Labute approximate surface area is 120 Å². The lowest BCUT2D eigenvalue weighted by Gasteiger charge is -2.23. The number of sulfonamides is 1. The van der Waals surface area contributed by atoms with Crippen LogP contribution >= 0.6 is 0 Å². The van der Waals surface area contributed by atoms with Gasteiger partial charge in [-0.15, -0.1) is 0 Å². The van der Waals surface area contributed by atoms with Gasteiger partial charge in [0.15, 0.2) is 5.03 Å². The van der Waals surface area contributed by atoms with E-state index in [2.05, 4.69) is 14.6 Å². The van der Waals surface area contributed by atoms with Gasteiger partial charge in [0.05, 0.1) is 5.69 Å². The Morgan fingerprint density at radius 1 is 1.45 bits per heavy atom. The molecule has 0 saturated heterocycles. The van der Waals surface area contributed by atoms with Gasteiger partial charge < -0.3 is 10.6 Å². The number of likely N-dealkylation sites (N-methyl/N-ethyl adjacent to an activating group) is 1. The number of pyridine rings is 1. The van der Waals surface area contributed by atoms with Crippen molar-refractivity contribution in [1.29, 1.82) is 0 Å². The second kappa shape index (κ2) is 6.51. The van der Waals surface area contributed by atoms with E-state index < -0.39 is 10.0 Å². The third-order valence-corrected chi connectivity index (χ3v) is 5.19. The molecular weight excluding hydrogens is 276 g/mol. The Kier molecular flexibility index (Phi) is 4.95. The summed E-state index contributed by atoms with van der Waals surface area (Å²) in [5.74, 6) is 0. The number of nitrogens with two attached hydrogens (primary N) is 1. The summed E-state index contributed by atoms with van der Waals surface area (Å²) in [7, 11) is -1.58. The van der Waals surface area contributed by atoms with Crippen LogP contribution in [0, 0.1) is 0 Å². The summed E-state index contributed by atoms with van der Waals surface area (Å²) in [4.78, 5) is 6.06. The molecule has 0 atom stereocenters. The van der Waals surface area contributed by atoms with Gasteiger partial charge in [-0.05, 0) is 32.0 Å². The maximum Gasteiger partial charge on any atom is 0.260 e. The fourth-order valence-corrected chi connectivity index (χ4v) is 3.65. The highest BCUT2D eigenvalue weighted by Crippen LogP contribution is 2.22. The molecule has 0 spiro atoms. The van der Waals surface area contributed by atoms with Gasteiger partial charge in [-0.2, -0.15) is 0 Å². The molecule has 1 aliphatic carbocycles. The molecule has 0 aromatic carbocycles. The first-order valence-electron chi connectivity index (χ1n) is 6.91. The molecule has 20 heavy (non-hydrogen) atoms. The zero-order chi connectivity index (χ0) is 14.6. The van der Waals surface area contributed by atoms with E-state index in [-0.39, 0.29) is 10.7 Å². The zero-order valence-electron chi connectivity index (χ0n) is 11.7. The lowest BCUT2D eigenvalue weighted by molar-refractivity contribution is 0.250. The van der Waals surface area contributed by atoms with E-state index in [9.17, 15) is 8.42 Å². The van der Waals surface area contributed by atoms with Crippen LogP contribution in [0.15, 0.2) is 23.4 Å². The summed E-state index contributed by atoms with van der Waals surface area (Å²) < 4.78 is 26.7. The molecule has 0 unspecified atom stereocenters. The van der Waals surface area contributed by atoms with Crippen molar-refractivity contribution in [3.63, 3.8) is 0 Å².